The van der Waals surface area contributed by atoms with Crippen LogP contribution in [0.25, 0.3) is 11.3 Å². The minimum absolute atomic E-state index is 0.0233. The van der Waals surface area contributed by atoms with Gasteiger partial charge in [-0.1, -0.05) is 11.6 Å². The van der Waals surface area contributed by atoms with E-state index in [1.54, 1.807) is 41.2 Å². The zero-order chi connectivity index (χ0) is 30.7. The first-order chi connectivity index (χ1) is 20.5. The van der Waals surface area contributed by atoms with Crippen LogP contribution in [0.2, 0.25) is 5.02 Å². The first-order valence-electron chi connectivity index (χ1n) is 14.0. The number of likely N-dealkylation sites (tertiary alicyclic amines) is 1. The average molecular weight is 606 g/mol. The Bertz CT molecular complexity index is 1610. The van der Waals surface area contributed by atoms with E-state index in [1.165, 1.54) is 24.4 Å². The molecule has 11 heteroatoms. The number of carboxylic acid groups (broad SMARTS) is 1. The molecule has 1 aliphatic heterocycles. The minimum Gasteiger partial charge on any atom is -0.478 e. The first-order valence-corrected chi connectivity index (χ1v) is 14.4. The van der Waals surface area contributed by atoms with Gasteiger partial charge in [0.05, 0.1) is 28.6 Å². The summed E-state index contributed by atoms with van der Waals surface area (Å²) in [5.41, 5.74) is 2.88. The van der Waals surface area contributed by atoms with Gasteiger partial charge in [-0.05, 0) is 87.7 Å². The Balaban J connectivity index is 1.24. The van der Waals surface area contributed by atoms with Crippen molar-refractivity contribution in [2.45, 2.75) is 51.8 Å². The summed E-state index contributed by atoms with van der Waals surface area (Å²) in [7, 11) is 0. The molecule has 1 amide bonds. The number of hydrogen-bond donors (Lipinski definition) is 2. The maximum Gasteiger partial charge on any atom is 0.337 e. The smallest absolute Gasteiger partial charge is 0.337 e. The summed E-state index contributed by atoms with van der Waals surface area (Å²) >= 11 is 6.55. The number of carbonyl (C=O) groups is 2. The standard InChI is InChI=1S/C32H33ClFN5O4/c1-32(2,3)39-29(20-4-7-23(34)8-5-20)26(18-36-39)30(40)37-24-9-10-27(33)22(16-24)19-38-14-12-25(13-15-38)43-28-11-6-21(17-35-28)31(41)42/h4-11,16-18,25H,12-15,19H2,1-3H3,(H,37,40)(H,41,42). The molecule has 0 unspecified atom stereocenters. The molecule has 1 aliphatic rings. The number of pyridine rings is 1. The van der Waals surface area contributed by atoms with Crippen molar-refractivity contribution in [2.24, 2.45) is 0 Å². The molecular weight excluding hydrogens is 573 g/mol. The molecule has 43 heavy (non-hydrogen) atoms. The number of aromatic carboxylic acids is 1. The van der Waals surface area contributed by atoms with E-state index in [9.17, 15) is 14.0 Å². The number of anilines is 1. The lowest BCUT2D eigenvalue weighted by atomic mass is 10.0. The lowest BCUT2D eigenvalue weighted by Crippen LogP contribution is -2.38. The molecule has 3 heterocycles. The van der Waals surface area contributed by atoms with Gasteiger partial charge in [-0.3, -0.25) is 14.4 Å². The molecular formula is C32H33ClFN5O4. The molecule has 9 nitrogen and oxygen atoms in total. The quantitative estimate of drug-likeness (QED) is 0.236. The average Bonchev–Trinajstić information content (AvgIpc) is 3.43. The van der Waals surface area contributed by atoms with Crippen LogP contribution in [0.3, 0.4) is 0 Å². The Kier molecular flexibility index (Phi) is 8.79. The molecule has 0 radical (unpaired) electrons. The van der Waals surface area contributed by atoms with Crippen LogP contribution in [-0.2, 0) is 12.1 Å². The summed E-state index contributed by atoms with van der Waals surface area (Å²) in [6.07, 6.45) is 4.37. The minimum atomic E-state index is -1.03. The van der Waals surface area contributed by atoms with Gasteiger partial charge in [-0.2, -0.15) is 5.10 Å². The second-order valence-electron chi connectivity index (χ2n) is 11.5. The van der Waals surface area contributed by atoms with E-state index in [2.05, 4.69) is 20.3 Å². The van der Waals surface area contributed by atoms with E-state index in [4.69, 9.17) is 21.4 Å². The molecule has 1 saturated heterocycles. The number of nitrogens with one attached hydrogen (secondary N) is 1. The van der Waals surface area contributed by atoms with Crippen LogP contribution in [0.15, 0.2) is 67.0 Å². The predicted octanol–water partition coefficient (Wildman–Crippen LogP) is 6.49. The molecule has 2 aromatic heterocycles. The number of aromatic nitrogens is 3. The Morgan fingerprint density at radius 3 is 2.42 bits per heavy atom. The van der Waals surface area contributed by atoms with Crippen molar-refractivity contribution in [1.82, 2.24) is 19.7 Å². The zero-order valence-electron chi connectivity index (χ0n) is 24.2. The summed E-state index contributed by atoms with van der Waals surface area (Å²) in [4.78, 5) is 30.9. The van der Waals surface area contributed by atoms with Crippen molar-refractivity contribution in [3.8, 4) is 17.1 Å². The number of rotatable bonds is 8. The Hall–Kier alpha value is -4.28. The fourth-order valence-corrected chi connectivity index (χ4v) is 5.23. The molecule has 0 spiro atoms. The monoisotopic (exact) mass is 605 g/mol. The number of halogens is 2. The van der Waals surface area contributed by atoms with Crippen molar-refractivity contribution in [3.05, 3.63) is 94.5 Å². The molecule has 1 fully saturated rings. The summed E-state index contributed by atoms with van der Waals surface area (Å²) in [6.45, 7) is 8.12. The first kappa shape index (κ1) is 30.2. The number of nitrogens with zero attached hydrogens (tertiary/aromatic N) is 4. The van der Waals surface area contributed by atoms with Crippen molar-refractivity contribution < 1.29 is 23.8 Å². The Labute approximate surface area is 254 Å². The van der Waals surface area contributed by atoms with Crippen LogP contribution < -0.4 is 10.1 Å². The highest BCUT2D eigenvalue weighted by Gasteiger charge is 2.26. The van der Waals surface area contributed by atoms with Gasteiger partial charge in [0.15, 0.2) is 0 Å². The molecule has 5 rings (SSSR count). The van der Waals surface area contributed by atoms with E-state index >= 15 is 0 Å². The Morgan fingerprint density at radius 2 is 1.79 bits per heavy atom. The van der Waals surface area contributed by atoms with Crippen LogP contribution in [0.5, 0.6) is 5.88 Å². The number of ether oxygens (including phenoxy) is 1. The largest absolute Gasteiger partial charge is 0.478 e. The number of benzene rings is 2. The van der Waals surface area contributed by atoms with E-state index in [0.29, 0.717) is 40.0 Å². The maximum absolute atomic E-state index is 13.6. The second-order valence-corrected chi connectivity index (χ2v) is 11.9. The second kappa shape index (κ2) is 12.5. The lowest BCUT2D eigenvalue weighted by molar-refractivity contribution is 0.0695. The van der Waals surface area contributed by atoms with E-state index in [0.717, 1.165) is 31.5 Å². The van der Waals surface area contributed by atoms with Gasteiger partial charge in [-0.25, -0.2) is 14.2 Å². The van der Waals surface area contributed by atoms with Gasteiger partial charge in [-0.15, -0.1) is 0 Å². The molecule has 0 bridgehead atoms. The maximum atomic E-state index is 13.6. The van der Waals surface area contributed by atoms with Gasteiger partial charge in [0.1, 0.15) is 11.9 Å². The zero-order valence-corrected chi connectivity index (χ0v) is 24.9. The van der Waals surface area contributed by atoms with Crippen LogP contribution in [-0.4, -0.2) is 55.8 Å². The topological polar surface area (TPSA) is 110 Å². The van der Waals surface area contributed by atoms with E-state index in [1.807, 2.05) is 26.8 Å². The predicted molar refractivity (Wildman–Crippen MR) is 162 cm³/mol. The van der Waals surface area contributed by atoms with Crippen molar-refractivity contribution in [2.75, 3.05) is 18.4 Å². The van der Waals surface area contributed by atoms with Gasteiger partial charge in [0.2, 0.25) is 5.88 Å². The van der Waals surface area contributed by atoms with Crippen LogP contribution in [0.4, 0.5) is 10.1 Å². The van der Waals surface area contributed by atoms with Gasteiger partial charge in [0.25, 0.3) is 5.91 Å². The van der Waals surface area contributed by atoms with Crippen LogP contribution in [0, 0.1) is 5.82 Å². The van der Waals surface area contributed by atoms with Gasteiger partial charge >= 0.3 is 5.97 Å². The van der Waals surface area contributed by atoms with E-state index < -0.39 is 11.5 Å². The summed E-state index contributed by atoms with van der Waals surface area (Å²) in [5, 5.41) is 17.1. The van der Waals surface area contributed by atoms with Gasteiger partial charge < -0.3 is 15.2 Å². The fourth-order valence-electron chi connectivity index (χ4n) is 5.05. The lowest BCUT2D eigenvalue weighted by Gasteiger charge is -2.32. The molecule has 0 aliphatic carbocycles. The molecule has 224 valence electrons. The highest BCUT2D eigenvalue weighted by atomic mass is 35.5. The van der Waals surface area contributed by atoms with Crippen LogP contribution >= 0.6 is 11.6 Å². The summed E-state index contributed by atoms with van der Waals surface area (Å²) < 4.78 is 21.4. The number of amides is 1. The molecule has 0 saturated carbocycles. The molecule has 2 aromatic carbocycles. The number of hydrogen-bond acceptors (Lipinski definition) is 6. The summed E-state index contributed by atoms with van der Waals surface area (Å²) in [5.74, 6) is -1.30. The normalized spacial score (nSPS) is 14.4. The molecule has 0 atom stereocenters. The summed E-state index contributed by atoms with van der Waals surface area (Å²) in [6, 6.07) is 14.5. The van der Waals surface area contributed by atoms with Crippen molar-refractivity contribution in [1.29, 1.82) is 0 Å². The Morgan fingerprint density at radius 1 is 1.07 bits per heavy atom. The fraction of sp³-hybridized carbons (Fsp3) is 0.312. The highest BCUT2D eigenvalue weighted by molar-refractivity contribution is 6.31. The van der Waals surface area contributed by atoms with Crippen LogP contribution in [0.1, 0.15) is 59.9 Å². The SMILES string of the molecule is CC(C)(C)n1ncc(C(=O)Nc2ccc(Cl)c(CN3CCC(Oc4ccc(C(=O)O)cn4)CC3)c2)c1-c1ccc(F)cc1. The molecule has 2 N–H and O–H groups in total. The third-order valence-electron chi connectivity index (χ3n) is 7.27. The highest BCUT2D eigenvalue weighted by Crippen LogP contribution is 2.31. The number of carboxylic acids is 1. The van der Waals surface area contributed by atoms with Gasteiger partial charge in [0, 0.05) is 48.2 Å². The van der Waals surface area contributed by atoms with Crippen molar-refractivity contribution >= 4 is 29.2 Å². The number of piperidine rings is 1. The van der Waals surface area contributed by atoms with Crippen molar-refractivity contribution in [3.63, 3.8) is 0 Å². The third kappa shape index (κ3) is 7.21. The third-order valence-corrected chi connectivity index (χ3v) is 7.64. The van der Waals surface area contributed by atoms with E-state index in [-0.39, 0.29) is 23.4 Å². The number of carbonyl (C=O) groups excluding carboxylic acids is 1. The molecule has 4 aromatic rings.